The highest BCUT2D eigenvalue weighted by atomic mass is 32.2. The van der Waals surface area contributed by atoms with Gasteiger partial charge in [0.15, 0.2) is 5.16 Å². The predicted octanol–water partition coefficient (Wildman–Crippen LogP) is 4.77. The highest BCUT2D eigenvalue weighted by molar-refractivity contribution is 7.99. The fourth-order valence-corrected chi connectivity index (χ4v) is 5.44. The minimum absolute atomic E-state index is 0.0234. The molecule has 2 aromatic rings. The lowest BCUT2D eigenvalue weighted by atomic mass is 9.82. The number of piperazine rings is 1. The number of hydrogen-bond acceptors (Lipinski definition) is 7. The lowest BCUT2D eigenvalue weighted by Crippen LogP contribution is -2.47. The van der Waals surface area contributed by atoms with Gasteiger partial charge in [-0.1, -0.05) is 59.7 Å². The summed E-state index contributed by atoms with van der Waals surface area (Å²) < 4.78 is 2.15. The van der Waals surface area contributed by atoms with Crippen LogP contribution in [0.3, 0.4) is 0 Å². The third-order valence-electron chi connectivity index (χ3n) is 6.98. The molecular weight excluding hydrogens is 442 g/mol. The summed E-state index contributed by atoms with van der Waals surface area (Å²) in [5.41, 5.74) is 1.26. The third kappa shape index (κ3) is 5.93. The number of anilines is 1. The van der Waals surface area contributed by atoms with Crippen LogP contribution in [0.5, 0.6) is 0 Å². The van der Waals surface area contributed by atoms with E-state index in [1.165, 1.54) is 25.0 Å². The summed E-state index contributed by atoms with van der Waals surface area (Å²) in [6, 6.07) is 2.28. The molecule has 0 aromatic carbocycles. The number of nitrogens with zero attached hydrogens (tertiary/aromatic N) is 7. The Balaban J connectivity index is 1.27. The number of rotatable bonds is 7. The van der Waals surface area contributed by atoms with Crippen LogP contribution in [0.15, 0.2) is 11.2 Å². The Hall–Kier alpha value is -1.67. The van der Waals surface area contributed by atoms with Crippen molar-refractivity contribution < 1.29 is 0 Å². The fourth-order valence-electron chi connectivity index (χ4n) is 4.61. The molecule has 34 heavy (non-hydrogen) atoms. The van der Waals surface area contributed by atoms with Gasteiger partial charge < -0.3 is 9.47 Å². The van der Waals surface area contributed by atoms with Crippen LogP contribution in [0, 0.1) is 0 Å². The molecule has 1 saturated carbocycles. The van der Waals surface area contributed by atoms with E-state index in [-0.39, 0.29) is 10.8 Å². The van der Waals surface area contributed by atoms with Crippen molar-refractivity contribution in [1.29, 1.82) is 0 Å². The molecule has 0 N–H and O–H groups in total. The van der Waals surface area contributed by atoms with E-state index < -0.39 is 0 Å². The van der Waals surface area contributed by atoms with Gasteiger partial charge in [-0.2, -0.15) is 0 Å². The Morgan fingerprint density at radius 1 is 0.941 bits per heavy atom. The molecule has 0 unspecified atom stereocenters. The van der Waals surface area contributed by atoms with E-state index in [9.17, 15) is 0 Å². The highest BCUT2D eigenvalue weighted by Crippen LogP contribution is 2.37. The van der Waals surface area contributed by atoms with Gasteiger partial charge in [0, 0.05) is 67.5 Å². The summed E-state index contributed by atoms with van der Waals surface area (Å²) in [5.74, 6) is 4.88. The second-order valence-electron chi connectivity index (χ2n) is 12.0. The maximum atomic E-state index is 5.01. The predicted molar refractivity (Wildman–Crippen MR) is 141 cm³/mol. The lowest BCUT2D eigenvalue weighted by Gasteiger charge is -2.36. The van der Waals surface area contributed by atoms with Crippen molar-refractivity contribution in [3.8, 4) is 0 Å². The van der Waals surface area contributed by atoms with Crippen LogP contribution in [0.4, 0.5) is 5.82 Å². The normalized spacial score (nSPS) is 18.4. The number of thioether (sulfide) groups is 1. The van der Waals surface area contributed by atoms with Crippen molar-refractivity contribution in [2.24, 2.45) is 7.05 Å². The van der Waals surface area contributed by atoms with E-state index in [0.29, 0.717) is 5.92 Å². The topological polar surface area (TPSA) is 63.0 Å². The molecule has 0 bridgehead atoms. The van der Waals surface area contributed by atoms with Gasteiger partial charge in [0.05, 0.1) is 0 Å². The van der Waals surface area contributed by atoms with Crippen LogP contribution >= 0.6 is 11.8 Å². The first-order chi connectivity index (χ1) is 16.0. The SMILES string of the molecule is Cn1c(SCCCN2CCN(c3cc(C4CCC4)nc(C(C)(C)C)n3)CC2)nnc1C(C)(C)C. The third-order valence-corrected chi connectivity index (χ3v) is 8.09. The number of aromatic nitrogens is 5. The van der Waals surface area contributed by atoms with Crippen LogP contribution in [-0.2, 0) is 17.9 Å². The lowest BCUT2D eigenvalue weighted by molar-refractivity contribution is 0.258. The zero-order valence-corrected chi connectivity index (χ0v) is 23.1. The van der Waals surface area contributed by atoms with Crippen molar-refractivity contribution in [3.63, 3.8) is 0 Å². The average Bonchev–Trinajstić information content (AvgIpc) is 3.10. The van der Waals surface area contributed by atoms with Crippen molar-refractivity contribution in [1.82, 2.24) is 29.6 Å². The molecule has 2 fully saturated rings. The maximum absolute atomic E-state index is 5.01. The Morgan fingerprint density at radius 3 is 2.21 bits per heavy atom. The van der Waals surface area contributed by atoms with Gasteiger partial charge in [-0.05, 0) is 25.8 Å². The molecule has 7 nitrogen and oxygen atoms in total. The summed E-state index contributed by atoms with van der Waals surface area (Å²) in [6.07, 6.45) is 5.05. The van der Waals surface area contributed by atoms with E-state index in [1.807, 2.05) is 11.8 Å². The minimum Gasteiger partial charge on any atom is -0.354 e. The summed E-state index contributed by atoms with van der Waals surface area (Å²) in [5, 5.41) is 9.84. The van der Waals surface area contributed by atoms with Gasteiger partial charge in [0.2, 0.25) is 0 Å². The summed E-state index contributed by atoms with van der Waals surface area (Å²) in [7, 11) is 2.08. The van der Waals surface area contributed by atoms with E-state index in [4.69, 9.17) is 9.97 Å². The number of hydrogen-bond donors (Lipinski definition) is 0. The van der Waals surface area contributed by atoms with Crippen LogP contribution in [-0.4, -0.2) is 68.1 Å². The standard InChI is InChI=1S/C26H43N7S/c1-25(2,3)22-27-20(19-10-8-11-19)18-21(28-22)33-15-13-32(14-16-33)12-9-17-34-24-30-29-23(31(24)7)26(4,5)6/h18-19H,8-17H2,1-7H3. The van der Waals surface area contributed by atoms with Gasteiger partial charge in [-0.25, -0.2) is 9.97 Å². The second-order valence-corrected chi connectivity index (χ2v) is 13.1. The second kappa shape index (κ2) is 10.1. The molecule has 4 rings (SSSR count). The van der Waals surface area contributed by atoms with Crippen LogP contribution in [0.2, 0.25) is 0 Å². The zero-order chi connectivity index (χ0) is 24.5. The summed E-state index contributed by atoms with van der Waals surface area (Å²) in [4.78, 5) is 15.0. The van der Waals surface area contributed by atoms with Crippen molar-refractivity contribution in [3.05, 3.63) is 23.4 Å². The fraction of sp³-hybridized carbons (Fsp3) is 0.769. The molecule has 1 saturated heterocycles. The Labute approximate surface area is 210 Å². The Kier molecular flexibility index (Phi) is 7.58. The molecule has 188 valence electrons. The molecule has 1 aliphatic heterocycles. The molecule has 0 amide bonds. The minimum atomic E-state index is -0.0234. The monoisotopic (exact) mass is 485 g/mol. The van der Waals surface area contributed by atoms with Crippen molar-refractivity contribution in [2.75, 3.05) is 43.4 Å². The molecule has 0 atom stereocenters. The largest absolute Gasteiger partial charge is 0.354 e. The first-order valence-corrected chi connectivity index (χ1v) is 13.9. The van der Waals surface area contributed by atoms with E-state index in [0.717, 1.165) is 67.5 Å². The molecule has 1 aliphatic carbocycles. The maximum Gasteiger partial charge on any atom is 0.190 e. The van der Waals surface area contributed by atoms with Crippen LogP contribution in [0.1, 0.15) is 90.5 Å². The van der Waals surface area contributed by atoms with Crippen molar-refractivity contribution in [2.45, 2.75) is 89.1 Å². The van der Waals surface area contributed by atoms with E-state index in [2.05, 4.69) is 79.2 Å². The quantitative estimate of drug-likeness (QED) is 0.413. The molecule has 0 spiro atoms. The van der Waals surface area contributed by atoms with Crippen LogP contribution < -0.4 is 4.90 Å². The van der Waals surface area contributed by atoms with Gasteiger partial charge >= 0.3 is 0 Å². The Bertz CT molecular complexity index is 961. The van der Waals surface area contributed by atoms with Crippen molar-refractivity contribution >= 4 is 17.6 Å². The smallest absolute Gasteiger partial charge is 0.190 e. The molecular formula is C26H43N7S. The molecule has 0 radical (unpaired) electrons. The van der Waals surface area contributed by atoms with E-state index >= 15 is 0 Å². The first-order valence-electron chi connectivity index (χ1n) is 12.9. The van der Waals surface area contributed by atoms with Gasteiger partial charge in [-0.15, -0.1) is 10.2 Å². The van der Waals surface area contributed by atoms with Crippen LogP contribution in [0.25, 0.3) is 0 Å². The summed E-state index contributed by atoms with van der Waals surface area (Å²) >= 11 is 1.82. The van der Waals surface area contributed by atoms with Gasteiger partial charge in [0.25, 0.3) is 0 Å². The highest BCUT2D eigenvalue weighted by Gasteiger charge is 2.28. The molecule has 2 aliphatic rings. The van der Waals surface area contributed by atoms with E-state index in [1.54, 1.807) is 0 Å². The summed E-state index contributed by atoms with van der Waals surface area (Å²) in [6.45, 7) is 18.6. The first kappa shape index (κ1) is 25.4. The molecule has 3 heterocycles. The average molecular weight is 486 g/mol. The van der Waals surface area contributed by atoms with Gasteiger partial charge in [-0.3, -0.25) is 4.90 Å². The molecule has 2 aromatic heterocycles. The zero-order valence-electron chi connectivity index (χ0n) is 22.3. The molecule has 8 heteroatoms. The Morgan fingerprint density at radius 2 is 1.65 bits per heavy atom. The van der Waals surface area contributed by atoms with Gasteiger partial charge in [0.1, 0.15) is 17.5 Å².